The fourth-order valence-electron chi connectivity index (χ4n) is 2.14. The molecule has 3 N–H and O–H groups in total. The molecule has 1 saturated heterocycles. The van der Waals surface area contributed by atoms with Gasteiger partial charge in [0, 0.05) is 6.07 Å². The number of phenolic OH excluding ortho intramolecular Hbond substituents is 1. The molecular formula is C11H12N2O3. The first kappa shape index (κ1) is 9.47. The summed E-state index contributed by atoms with van der Waals surface area (Å²) in [6.07, 6.45) is 0. The van der Waals surface area contributed by atoms with Crippen LogP contribution in [0.1, 0.15) is 0 Å². The number of aromatic hydroxyl groups is 1. The first-order valence-corrected chi connectivity index (χ1v) is 5.22. The van der Waals surface area contributed by atoms with Crippen LogP contribution in [-0.4, -0.2) is 30.3 Å². The van der Waals surface area contributed by atoms with Crippen molar-refractivity contribution in [3.8, 4) is 5.75 Å². The molecule has 16 heavy (non-hydrogen) atoms. The van der Waals surface area contributed by atoms with Crippen LogP contribution >= 0.6 is 0 Å². The molecule has 0 radical (unpaired) electrons. The number of fused-ring (bicyclic) bond motifs is 2. The van der Waals surface area contributed by atoms with Gasteiger partial charge in [-0.2, -0.15) is 0 Å². The van der Waals surface area contributed by atoms with E-state index in [1.165, 1.54) is 0 Å². The van der Waals surface area contributed by atoms with Crippen molar-refractivity contribution in [2.75, 3.05) is 23.8 Å². The second-order valence-electron chi connectivity index (χ2n) is 4.11. The largest absolute Gasteiger partial charge is 0.508 e. The van der Waals surface area contributed by atoms with Crippen LogP contribution in [0.3, 0.4) is 0 Å². The van der Waals surface area contributed by atoms with E-state index in [1.807, 2.05) is 0 Å². The van der Waals surface area contributed by atoms with Crippen LogP contribution in [0, 0.1) is 5.92 Å². The Morgan fingerprint density at radius 2 is 2.19 bits per heavy atom. The maximum atomic E-state index is 11.8. The molecule has 5 heteroatoms. The summed E-state index contributed by atoms with van der Waals surface area (Å²) in [7, 11) is 0. The molecule has 0 saturated carbocycles. The van der Waals surface area contributed by atoms with Gasteiger partial charge in [-0.15, -0.1) is 0 Å². The molecule has 1 aromatic rings. The number of benzene rings is 1. The number of nitrogens with one attached hydrogen (secondary N) is 2. The maximum Gasteiger partial charge on any atom is 0.232 e. The molecule has 84 valence electrons. The van der Waals surface area contributed by atoms with Crippen molar-refractivity contribution in [3.63, 3.8) is 0 Å². The minimum Gasteiger partial charge on any atom is -0.508 e. The molecule has 1 aromatic carbocycles. The summed E-state index contributed by atoms with van der Waals surface area (Å²) < 4.78 is 5.28. The van der Waals surface area contributed by atoms with Gasteiger partial charge in [-0.05, 0) is 12.1 Å². The van der Waals surface area contributed by atoms with E-state index in [0.29, 0.717) is 18.9 Å². The highest BCUT2D eigenvalue weighted by molar-refractivity contribution is 5.98. The van der Waals surface area contributed by atoms with E-state index < -0.39 is 0 Å². The second kappa shape index (κ2) is 3.38. The summed E-state index contributed by atoms with van der Waals surface area (Å²) in [4.78, 5) is 11.8. The standard InChI is InChI=1S/C11H12N2O3/c14-6-1-2-8-9(3-6)12-10-5-16-4-7(10)11(15)13-8/h1-3,7,10,12,14H,4-5H2,(H,13,15). The fraction of sp³-hybridized carbons (Fsp3) is 0.364. The summed E-state index contributed by atoms with van der Waals surface area (Å²) in [5, 5.41) is 15.5. The van der Waals surface area contributed by atoms with Gasteiger partial charge in [-0.25, -0.2) is 0 Å². The Kier molecular flexibility index (Phi) is 2.00. The quantitative estimate of drug-likeness (QED) is 0.565. The first-order chi connectivity index (χ1) is 7.74. The molecule has 0 aromatic heterocycles. The Bertz CT molecular complexity index is 447. The third kappa shape index (κ3) is 1.40. The summed E-state index contributed by atoms with van der Waals surface area (Å²) in [6, 6.07) is 4.84. The molecule has 2 unspecified atom stereocenters. The Balaban J connectivity index is 2.01. The topological polar surface area (TPSA) is 70.6 Å². The van der Waals surface area contributed by atoms with Crippen molar-refractivity contribution in [1.82, 2.24) is 0 Å². The fourth-order valence-corrected chi connectivity index (χ4v) is 2.14. The van der Waals surface area contributed by atoms with Gasteiger partial charge in [0.1, 0.15) is 5.75 Å². The van der Waals surface area contributed by atoms with Gasteiger partial charge in [0.05, 0.1) is 36.5 Å². The average Bonchev–Trinajstić information content (AvgIpc) is 2.65. The lowest BCUT2D eigenvalue weighted by Crippen LogP contribution is -2.33. The number of hydrogen-bond donors (Lipinski definition) is 3. The van der Waals surface area contributed by atoms with Crippen molar-refractivity contribution in [2.45, 2.75) is 6.04 Å². The van der Waals surface area contributed by atoms with Gasteiger partial charge in [-0.3, -0.25) is 4.79 Å². The van der Waals surface area contributed by atoms with Gasteiger partial charge in [-0.1, -0.05) is 0 Å². The Morgan fingerprint density at radius 1 is 1.31 bits per heavy atom. The smallest absolute Gasteiger partial charge is 0.232 e. The lowest BCUT2D eigenvalue weighted by molar-refractivity contribution is -0.119. The van der Waals surface area contributed by atoms with Gasteiger partial charge < -0.3 is 20.5 Å². The van der Waals surface area contributed by atoms with Crippen LogP contribution in [0.4, 0.5) is 11.4 Å². The van der Waals surface area contributed by atoms with E-state index >= 15 is 0 Å². The highest BCUT2D eigenvalue weighted by atomic mass is 16.5. The minimum atomic E-state index is -0.158. The molecular weight excluding hydrogens is 208 g/mol. The SMILES string of the molecule is O=C1Nc2ccc(O)cc2NC2COCC12. The third-order valence-electron chi connectivity index (χ3n) is 3.02. The van der Waals surface area contributed by atoms with Gasteiger partial charge in [0.2, 0.25) is 5.91 Å². The number of hydrogen-bond acceptors (Lipinski definition) is 4. The highest BCUT2D eigenvalue weighted by Crippen LogP contribution is 2.32. The van der Waals surface area contributed by atoms with Crippen LogP contribution in [0.2, 0.25) is 0 Å². The molecule has 0 aliphatic carbocycles. The van der Waals surface area contributed by atoms with Crippen molar-refractivity contribution < 1.29 is 14.6 Å². The Morgan fingerprint density at radius 3 is 3.06 bits per heavy atom. The van der Waals surface area contributed by atoms with E-state index in [4.69, 9.17) is 4.74 Å². The van der Waals surface area contributed by atoms with Crippen LogP contribution in [-0.2, 0) is 9.53 Å². The molecule has 0 bridgehead atoms. The summed E-state index contributed by atoms with van der Waals surface area (Å²) in [5.41, 5.74) is 1.45. The van der Waals surface area contributed by atoms with E-state index in [0.717, 1.165) is 5.69 Å². The number of amides is 1. The molecule has 2 heterocycles. The number of ether oxygens (including phenoxy) is 1. The summed E-state index contributed by atoms with van der Waals surface area (Å²) in [6.45, 7) is 0.969. The number of carbonyl (C=O) groups excluding carboxylic acids is 1. The number of rotatable bonds is 0. The zero-order chi connectivity index (χ0) is 11.1. The number of phenols is 1. The van der Waals surface area contributed by atoms with Crippen LogP contribution in [0.5, 0.6) is 5.75 Å². The number of anilines is 2. The first-order valence-electron chi connectivity index (χ1n) is 5.22. The minimum absolute atomic E-state index is 0.0111. The zero-order valence-corrected chi connectivity index (χ0v) is 8.56. The van der Waals surface area contributed by atoms with Crippen LogP contribution < -0.4 is 10.6 Å². The molecule has 5 nitrogen and oxygen atoms in total. The van der Waals surface area contributed by atoms with Gasteiger partial charge in [0.25, 0.3) is 0 Å². The predicted molar refractivity (Wildman–Crippen MR) is 58.5 cm³/mol. The van der Waals surface area contributed by atoms with Gasteiger partial charge in [0.15, 0.2) is 0 Å². The lowest BCUT2D eigenvalue weighted by atomic mass is 10.0. The Hall–Kier alpha value is -1.75. The third-order valence-corrected chi connectivity index (χ3v) is 3.02. The normalized spacial score (nSPS) is 27.4. The monoisotopic (exact) mass is 220 g/mol. The van der Waals surface area contributed by atoms with E-state index in [1.54, 1.807) is 18.2 Å². The van der Waals surface area contributed by atoms with E-state index in [2.05, 4.69) is 10.6 Å². The molecule has 0 spiro atoms. The maximum absolute atomic E-state index is 11.8. The van der Waals surface area contributed by atoms with Crippen molar-refractivity contribution in [1.29, 1.82) is 0 Å². The molecule has 2 aliphatic rings. The van der Waals surface area contributed by atoms with Crippen molar-refractivity contribution in [3.05, 3.63) is 18.2 Å². The van der Waals surface area contributed by atoms with E-state index in [9.17, 15) is 9.90 Å². The highest BCUT2D eigenvalue weighted by Gasteiger charge is 2.36. The zero-order valence-electron chi connectivity index (χ0n) is 8.56. The van der Waals surface area contributed by atoms with Crippen molar-refractivity contribution >= 4 is 17.3 Å². The predicted octanol–water partition coefficient (Wildman–Crippen LogP) is 0.771. The molecule has 2 atom stereocenters. The van der Waals surface area contributed by atoms with Gasteiger partial charge >= 0.3 is 0 Å². The molecule has 3 rings (SSSR count). The van der Waals surface area contributed by atoms with Crippen LogP contribution in [0.15, 0.2) is 18.2 Å². The second-order valence-corrected chi connectivity index (χ2v) is 4.11. The van der Waals surface area contributed by atoms with Crippen LogP contribution in [0.25, 0.3) is 0 Å². The lowest BCUT2D eigenvalue weighted by Gasteiger charge is -2.14. The molecule has 2 aliphatic heterocycles. The number of carbonyl (C=O) groups is 1. The summed E-state index contributed by atoms with van der Waals surface area (Å²) >= 11 is 0. The van der Waals surface area contributed by atoms with Crippen molar-refractivity contribution in [2.24, 2.45) is 5.92 Å². The molecule has 1 fully saturated rings. The molecule has 1 amide bonds. The average molecular weight is 220 g/mol. The summed E-state index contributed by atoms with van der Waals surface area (Å²) in [5.74, 6) is -0.00755. The Labute approximate surface area is 92.4 Å². The van der Waals surface area contributed by atoms with E-state index in [-0.39, 0.29) is 23.6 Å².